The zero-order chi connectivity index (χ0) is 20.9. The number of carbonyl (C=O) groups is 2. The van der Waals surface area contributed by atoms with E-state index in [0.29, 0.717) is 31.8 Å². The van der Waals surface area contributed by atoms with Gasteiger partial charge in [0.2, 0.25) is 5.91 Å². The number of nitrogens with zero attached hydrogens (tertiary/aromatic N) is 1. The predicted molar refractivity (Wildman–Crippen MR) is 109 cm³/mol. The molecule has 5 nitrogen and oxygen atoms in total. The Balaban J connectivity index is 1.49. The molecule has 0 radical (unpaired) electrons. The monoisotopic (exact) mass is 398 g/mol. The lowest BCUT2D eigenvalue weighted by molar-refractivity contribution is -0.144. The van der Waals surface area contributed by atoms with Gasteiger partial charge < -0.3 is 15.0 Å². The van der Waals surface area contributed by atoms with Crippen LogP contribution in [0.3, 0.4) is 0 Å². The normalized spacial score (nSPS) is 16.5. The quantitative estimate of drug-likeness (QED) is 0.779. The van der Waals surface area contributed by atoms with Crippen LogP contribution >= 0.6 is 0 Å². The van der Waals surface area contributed by atoms with E-state index in [1.165, 1.54) is 29.8 Å². The van der Waals surface area contributed by atoms with Crippen LogP contribution in [0.15, 0.2) is 54.6 Å². The summed E-state index contributed by atoms with van der Waals surface area (Å²) in [6.07, 6.45) is 1.41. The lowest BCUT2D eigenvalue weighted by Crippen LogP contribution is -2.48. The standard InChI is InChI=1S/C23H27FN2O3/c1-23(2,29-20-10-8-19(24)9-11-20)22(28)26-15-13-18(16-26)21(27)25-14-12-17-6-4-3-5-7-17/h3-11,18H,12-16H2,1-2H3,(H,25,27). The summed E-state index contributed by atoms with van der Waals surface area (Å²) in [6.45, 7) is 4.85. The first-order chi connectivity index (χ1) is 13.8. The average Bonchev–Trinajstić information content (AvgIpc) is 3.20. The van der Waals surface area contributed by atoms with Gasteiger partial charge >= 0.3 is 0 Å². The van der Waals surface area contributed by atoms with Crippen LogP contribution in [0, 0.1) is 11.7 Å². The molecule has 2 amide bonds. The van der Waals surface area contributed by atoms with Gasteiger partial charge in [0.1, 0.15) is 11.6 Å². The summed E-state index contributed by atoms with van der Waals surface area (Å²) in [4.78, 5) is 27.0. The summed E-state index contributed by atoms with van der Waals surface area (Å²) < 4.78 is 18.8. The number of carbonyl (C=O) groups excluding carboxylic acids is 2. The van der Waals surface area contributed by atoms with Crippen LogP contribution in [0.2, 0.25) is 0 Å². The predicted octanol–water partition coefficient (Wildman–Crippen LogP) is 3.19. The fourth-order valence-corrected chi connectivity index (χ4v) is 3.50. The molecule has 1 atom stereocenters. The minimum Gasteiger partial charge on any atom is -0.478 e. The van der Waals surface area contributed by atoms with Gasteiger partial charge in [0.15, 0.2) is 5.60 Å². The Kier molecular flexibility index (Phi) is 6.52. The third-order valence-electron chi connectivity index (χ3n) is 5.10. The van der Waals surface area contributed by atoms with Gasteiger partial charge in [-0.15, -0.1) is 0 Å². The summed E-state index contributed by atoms with van der Waals surface area (Å²) in [5.74, 6) is -0.340. The van der Waals surface area contributed by atoms with E-state index in [1.807, 2.05) is 30.3 Å². The van der Waals surface area contributed by atoms with Gasteiger partial charge in [0.05, 0.1) is 5.92 Å². The van der Waals surface area contributed by atoms with Gasteiger partial charge in [0.25, 0.3) is 5.91 Å². The smallest absolute Gasteiger partial charge is 0.266 e. The maximum atomic E-state index is 13.1. The highest BCUT2D eigenvalue weighted by Crippen LogP contribution is 2.24. The molecule has 2 aromatic carbocycles. The summed E-state index contributed by atoms with van der Waals surface area (Å²) in [5.41, 5.74) is 0.0759. The molecule has 1 unspecified atom stereocenters. The molecule has 6 heteroatoms. The zero-order valence-electron chi connectivity index (χ0n) is 16.9. The zero-order valence-corrected chi connectivity index (χ0v) is 16.9. The highest BCUT2D eigenvalue weighted by atomic mass is 19.1. The Morgan fingerprint density at radius 1 is 1.14 bits per heavy atom. The number of likely N-dealkylation sites (tertiary alicyclic amines) is 1. The average molecular weight is 398 g/mol. The van der Waals surface area contributed by atoms with Gasteiger partial charge in [-0.25, -0.2) is 4.39 Å². The van der Waals surface area contributed by atoms with Gasteiger partial charge in [-0.1, -0.05) is 30.3 Å². The van der Waals surface area contributed by atoms with Crippen LogP contribution < -0.4 is 10.1 Å². The number of amides is 2. The minimum atomic E-state index is -1.10. The number of halogens is 1. The molecule has 3 rings (SSSR count). The fourth-order valence-electron chi connectivity index (χ4n) is 3.50. The molecule has 154 valence electrons. The lowest BCUT2D eigenvalue weighted by atomic mass is 10.1. The fraction of sp³-hybridized carbons (Fsp3) is 0.391. The highest BCUT2D eigenvalue weighted by Gasteiger charge is 2.39. The first-order valence-electron chi connectivity index (χ1n) is 9.91. The largest absolute Gasteiger partial charge is 0.478 e. The Labute approximate surface area is 170 Å². The van der Waals surface area contributed by atoms with E-state index in [2.05, 4.69) is 5.32 Å². The summed E-state index contributed by atoms with van der Waals surface area (Å²) in [5, 5.41) is 2.97. The summed E-state index contributed by atoms with van der Waals surface area (Å²) in [6, 6.07) is 15.6. The van der Waals surface area contributed by atoms with E-state index in [1.54, 1.807) is 18.7 Å². The van der Waals surface area contributed by atoms with Crippen molar-refractivity contribution in [2.24, 2.45) is 5.92 Å². The summed E-state index contributed by atoms with van der Waals surface area (Å²) >= 11 is 0. The number of benzene rings is 2. The Hall–Kier alpha value is -2.89. The number of hydrogen-bond acceptors (Lipinski definition) is 3. The van der Waals surface area contributed by atoms with Crippen molar-refractivity contribution in [1.82, 2.24) is 10.2 Å². The topological polar surface area (TPSA) is 58.6 Å². The molecule has 1 heterocycles. The van der Waals surface area contributed by atoms with Gasteiger partial charge in [-0.2, -0.15) is 0 Å². The van der Waals surface area contributed by atoms with E-state index in [0.717, 1.165) is 6.42 Å². The Morgan fingerprint density at radius 3 is 2.52 bits per heavy atom. The molecule has 1 fully saturated rings. The van der Waals surface area contributed by atoms with Crippen molar-refractivity contribution in [1.29, 1.82) is 0 Å². The van der Waals surface area contributed by atoms with Crippen LogP contribution in [0.4, 0.5) is 4.39 Å². The van der Waals surface area contributed by atoms with Crippen LogP contribution in [-0.4, -0.2) is 41.9 Å². The van der Waals surface area contributed by atoms with Gasteiger partial charge in [-0.3, -0.25) is 9.59 Å². The molecule has 1 N–H and O–H groups in total. The molecule has 2 aromatic rings. The minimum absolute atomic E-state index is 0.0199. The van der Waals surface area contributed by atoms with Crippen molar-refractivity contribution in [2.45, 2.75) is 32.3 Å². The van der Waals surface area contributed by atoms with E-state index in [4.69, 9.17) is 4.74 Å². The molecular weight excluding hydrogens is 371 g/mol. The van der Waals surface area contributed by atoms with E-state index in [9.17, 15) is 14.0 Å². The molecule has 0 bridgehead atoms. The second-order valence-corrected chi connectivity index (χ2v) is 7.83. The highest BCUT2D eigenvalue weighted by molar-refractivity contribution is 5.87. The molecule has 0 saturated carbocycles. The van der Waals surface area contributed by atoms with E-state index < -0.39 is 5.60 Å². The number of nitrogens with one attached hydrogen (secondary N) is 1. The lowest BCUT2D eigenvalue weighted by Gasteiger charge is -2.30. The van der Waals surface area contributed by atoms with E-state index >= 15 is 0 Å². The van der Waals surface area contributed by atoms with Crippen molar-refractivity contribution in [3.05, 3.63) is 66.0 Å². The van der Waals surface area contributed by atoms with Crippen LogP contribution in [0.1, 0.15) is 25.8 Å². The Bertz CT molecular complexity index is 837. The molecule has 1 saturated heterocycles. The number of rotatable bonds is 7. The number of ether oxygens (including phenoxy) is 1. The molecule has 0 aliphatic carbocycles. The van der Waals surface area contributed by atoms with Crippen molar-refractivity contribution >= 4 is 11.8 Å². The van der Waals surface area contributed by atoms with Crippen LogP contribution in [-0.2, 0) is 16.0 Å². The third-order valence-corrected chi connectivity index (χ3v) is 5.10. The van der Waals surface area contributed by atoms with Crippen molar-refractivity contribution in [2.75, 3.05) is 19.6 Å². The summed E-state index contributed by atoms with van der Waals surface area (Å²) in [7, 11) is 0. The van der Waals surface area contributed by atoms with Crippen molar-refractivity contribution in [3.8, 4) is 5.75 Å². The van der Waals surface area contributed by atoms with Gasteiger partial charge in [0, 0.05) is 19.6 Å². The van der Waals surface area contributed by atoms with Gasteiger partial charge in [-0.05, 0) is 56.5 Å². The molecule has 0 spiro atoms. The molecule has 29 heavy (non-hydrogen) atoms. The van der Waals surface area contributed by atoms with Crippen LogP contribution in [0.5, 0.6) is 5.75 Å². The first kappa shape index (κ1) is 20.8. The van der Waals surface area contributed by atoms with E-state index in [-0.39, 0.29) is 23.5 Å². The number of hydrogen-bond donors (Lipinski definition) is 1. The Morgan fingerprint density at radius 2 is 1.83 bits per heavy atom. The molecule has 1 aliphatic rings. The maximum Gasteiger partial charge on any atom is 0.266 e. The van der Waals surface area contributed by atoms with Crippen molar-refractivity contribution in [3.63, 3.8) is 0 Å². The second kappa shape index (κ2) is 9.07. The molecule has 0 aromatic heterocycles. The molecule has 1 aliphatic heterocycles. The van der Waals surface area contributed by atoms with Crippen molar-refractivity contribution < 1.29 is 18.7 Å². The van der Waals surface area contributed by atoms with Crippen LogP contribution in [0.25, 0.3) is 0 Å². The first-order valence-corrected chi connectivity index (χ1v) is 9.91. The maximum absolute atomic E-state index is 13.1. The molecular formula is C23H27FN2O3. The third kappa shape index (κ3) is 5.56. The second-order valence-electron chi connectivity index (χ2n) is 7.83. The SMILES string of the molecule is CC(C)(Oc1ccc(F)cc1)C(=O)N1CCC(C(=O)NCCc2ccccc2)C1.